The van der Waals surface area contributed by atoms with Crippen LogP contribution in [0.4, 0.5) is 0 Å². The van der Waals surface area contributed by atoms with Gasteiger partial charge in [-0.3, -0.25) is 14.4 Å². The molecule has 2 heterocycles. The van der Waals surface area contributed by atoms with Crippen LogP contribution in [0.5, 0.6) is 5.75 Å². The van der Waals surface area contributed by atoms with E-state index in [1.807, 2.05) is 12.1 Å². The lowest BCUT2D eigenvalue weighted by Gasteiger charge is -2.33. The zero-order chi connectivity index (χ0) is 19.5. The van der Waals surface area contributed by atoms with Crippen LogP contribution in [0.2, 0.25) is 0 Å². The molecule has 1 aliphatic heterocycles. The van der Waals surface area contributed by atoms with Gasteiger partial charge in [0.1, 0.15) is 12.3 Å². The summed E-state index contributed by atoms with van der Waals surface area (Å²) in [5, 5.41) is 15.8. The zero-order valence-corrected chi connectivity index (χ0v) is 16.0. The number of aliphatic carboxylic acids is 1. The highest BCUT2D eigenvalue weighted by Gasteiger charge is 2.25. The minimum absolute atomic E-state index is 0.0873. The second-order valence-corrected chi connectivity index (χ2v) is 7.35. The average molecular weight is 379 g/mol. The average Bonchev–Trinajstić information content (AvgIpc) is 3.16. The second-order valence-electron chi connectivity index (χ2n) is 7.35. The first-order valence-corrected chi connectivity index (χ1v) is 9.66. The maximum atomic E-state index is 11.1. The summed E-state index contributed by atoms with van der Waals surface area (Å²) in [7, 11) is 1.72. The summed E-state index contributed by atoms with van der Waals surface area (Å²) in [4.78, 5) is 13.6. The number of hydrogen-bond acceptors (Lipinski definition) is 4. The molecule has 2 aromatic carbocycles. The molecule has 0 unspecified atom stereocenters. The quantitative estimate of drug-likeness (QED) is 0.710. The van der Waals surface area contributed by atoms with E-state index in [0.717, 1.165) is 43.9 Å². The largest absolute Gasteiger partial charge is 0.496 e. The van der Waals surface area contributed by atoms with Gasteiger partial charge in [-0.2, -0.15) is 5.10 Å². The highest BCUT2D eigenvalue weighted by Crippen LogP contribution is 2.32. The third-order valence-electron chi connectivity index (χ3n) is 5.56. The van der Waals surface area contributed by atoms with Crippen LogP contribution in [0, 0.1) is 0 Å². The fraction of sp³-hybridized carbons (Fsp3) is 0.364. The lowest BCUT2D eigenvalue weighted by atomic mass is 9.93. The van der Waals surface area contributed by atoms with Crippen molar-refractivity contribution in [3.63, 3.8) is 0 Å². The number of nitrogens with zero attached hydrogens (tertiary/aromatic N) is 3. The Bertz CT molecular complexity index is 982. The Hall–Kier alpha value is -2.86. The van der Waals surface area contributed by atoms with Gasteiger partial charge in [0.15, 0.2) is 0 Å². The summed E-state index contributed by atoms with van der Waals surface area (Å²) < 4.78 is 7.27. The Balaban J connectivity index is 1.58. The standard InChI is InChI=1S/C22H25N3O3/c1-28-21-9-8-16-5-2-3-7-18(16)19(21)14-24-12-4-6-17(13-24)20-10-11-23-25(20)15-22(26)27/h2-3,5,7-11,17H,4,6,12-15H2,1H3,(H,26,27)/t17-/m1/s1. The number of methoxy groups -OCH3 is 1. The summed E-state index contributed by atoms with van der Waals surface area (Å²) in [6, 6.07) is 14.5. The first kappa shape index (κ1) is 18.5. The van der Waals surface area contributed by atoms with Crippen molar-refractivity contribution in [2.45, 2.75) is 31.8 Å². The van der Waals surface area contributed by atoms with Crippen molar-refractivity contribution in [1.29, 1.82) is 0 Å². The number of likely N-dealkylation sites (tertiary alicyclic amines) is 1. The molecule has 6 nitrogen and oxygen atoms in total. The molecule has 0 bridgehead atoms. The predicted octanol–water partition coefficient (Wildman–Crippen LogP) is 3.51. The molecule has 28 heavy (non-hydrogen) atoms. The van der Waals surface area contributed by atoms with Crippen molar-refractivity contribution < 1.29 is 14.6 Å². The Morgan fingerprint density at radius 1 is 1.25 bits per heavy atom. The molecule has 1 N–H and O–H groups in total. The number of hydrogen-bond donors (Lipinski definition) is 1. The summed E-state index contributed by atoms with van der Waals surface area (Å²) in [5.74, 6) is 0.339. The Kier molecular flexibility index (Phi) is 5.30. The van der Waals surface area contributed by atoms with E-state index in [1.54, 1.807) is 18.0 Å². The normalized spacial score (nSPS) is 17.7. The number of benzene rings is 2. The monoisotopic (exact) mass is 379 g/mol. The van der Waals surface area contributed by atoms with Crippen LogP contribution in [0.1, 0.15) is 30.0 Å². The summed E-state index contributed by atoms with van der Waals surface area (Å²) in [6.07, 6.45) is 3.83. The predicted molar refractivity (Wildman–Crippen MR) is 108 cm³/mol. The van der Waals surface area contributed by atoms with Gasteiger partial charge < -0.3 is 9.84 Å². The molecule has 0 radical (unpaired) electrons. The minimum Gasteiger partial charge on any atom is -0.496 e. The number of aromatic nitrogens is 2. The van der Waals surface area contributed by atoms with E-state index in [2.05, 4.69) is 40.3 Å². The van der Waals surface area contributed by atoms with E-state index in [-0.39, 0.29) is 12.5 Å². The SMILES string of the molecule is COc1ccc2ccccc2c1CN1CCC[C@@H](c2ccnn2CC(=O)O)C1. The van der Waals surface area contributed by atoms with Gasteiger partial charge in [-0.15, -0.1) is 0 Å². The summed E-state index contributed by atoms with van der Waals surface area (Å²) in [6.45, 7) is 2.64. The lowest BCUT2D eigenvalue weighted by molar-refractivity contribution is -0.137. The summed E-state index contributed by atoms with van der Waals surface area (Å²) in [5.41, 5.74) is 2.22. The number of piperidine rings is 1. The lowest BCUT2D eigenvalue weighted by Crippen LogP contribution is -2.35. The molecule has 146 valence electrons. The van der Waals surface area contributed by atoms with Crippen molar-refractivity contribution in [3.05, 3.63) is 59.9 Å². The summed E-state index contributed by atoms with van der Waals surface area (Å²) >= 11 is 0. The third-order valence-corrected chi connectivity index (χ3v) is 5.56. The first-order valence-electron chi connectivity index (χ1n) is 9.66. The first-order chi connectivity index (χ1) is 13.7. The smallest absolute Gasteiger partial charge is 0.325 e. The molecular formula is C22H25N3O3. The van der Waals surface area contributed by atoms with Crippen LogP contribution < -0.4 is 4.74 Å². The maximum absolute atomic E-state index is 11.1. The van der Waals surface area contributed by atoms with E-state index in [4.69, 9.17) is 9.84 Å². The zero-order valence-electron chi connectivity index (χ0n) is 16.0. The van der Waals surface area contributed by atoms with Crippen molar-refractivity contribution in [1.82, 2.24) is 14.7 Å². The molecular weight excluding hydrogens is 354 g/mol. The second kappa shape index (κ2) is 8.02. The van der Waals surface area contributed by atoms with Crippen LogP contribution in [0.15, 0.2) is 48.7 Å². The molecule has 3 aromatic rings. The third kappa shape index (κ3) is 3.73. The van der Waals surface area contributed by atoms with Gasteiger partial charge in [-0.1, -0.05) is 30.3 Å². The van der Waals surface area contributed by atoms with Crippen LogP contribution in [-0.4, -0.2) is 46.0 Å². The number of fused-ring (bicyclic) bond motifs is 1. The number of carboxylic acid groups (broad SMARTS) is 1. The van der Waals surface area contributed by atoms with Gasteiger partial charge in [0.2, 0.25) is 0 Å². The number of rotatable bonds is 6. The fourth-order valence-corrected chi connectivity index (χ4v) is 4.28. The number of ether oxygens (including phenoxy) is 1. The van der Waals surface area contributed by atoms with E-state index in [1.165, 1.54) is 16.3 Å². The molecule has 1 atom stereocenters. The van der Waals surface area contributed by atoms with E-state index >= 15 is 0 Å². The van der Waals surface area contributed by atoms with E-state index in [0.29, 0.717) is 0 Å². The van der Waals surface area contributed by atoms with E-state index < -0.39 is 5.97 Å². The van der Waals surface area contributed by atoms with Crippen LogP contribution in [0.25, 0.3) is 10.8 Å². The Morgan fingerprint density at radius 3 is 2.93 bits per heavy atom. The van der Waals surface area contributed by atoms with Crippen molar-refractivity contribution in [3.8, 4) is 5.75 Å². The Morgan fingerprint density at radius 2 is 2.11 bits per heavy atom. The topological polar surface area (TPSA) is 67.6 Å². The molecule has 0 aliphatic carbocycles. The van der Waals surface area contributed by atoms with Crippen molar-refractivity contribution >= 4 is 16.7 Å². The van der Waals surface area contributed by atoms with Gasteiger partial charge in [0, 0.05) is 36.5 Å². The molecule has 0 saturated carbocycles. The molecule has 1 fully saturated rings. The maximum Gasteiger partial charge on any atom is 0.325 e. The van der Waals surface area contributed by atoms with Crippen LogP contribution in [-0.2, 0) is 17.9 Å². The molecule has 4 rings (SSSR count). The number of carbonyl (C=O) groups is 1. The number of carboxylic acids is 1. The minimum atomic E-state index is -0.863. The van der Waals surface area contributed by atoms with Gasteiger partial charge in [0.05, 0.1) is 7.11 Å². The highest BCUT2D eigenvalue weighted by molar-refractivity contribution is 5.87. The van der Waals surface area contributed by atoms with E-state index in [9.17, 15) is 4.79 Å². The molecule has 1 aliphatic rings. The van der Waals surface area contributed by atoms with Crippen molar-refractivity contribution in [2.24, 2.45) is 0 Å². The molecule has 0 spiro atoms. The van der Waals surface area contributed by atoms with Gasteiger partial charge in [0.25, 0.3) is 0 Å². The molecule has 1 aromatic heterocycles. The fourth-order valence-electron chi connectivity index (χ4n) is 4.28. The highest BCUT2D eigenvalue weighted by atomic mass is 16.5. The van der Waals surface area contributed by atoms with Crippen LogP contribution >= 0.6 is 0 Å². The van der Waals surface area contributed by atoms with Gasteiger partial charge in [-0.25, -0.2) is 0 Å². The Labute approximate surface area is 164 Å². The van der Waals surface area contributed by atoms with Crippen molar-refractivity contribution in [2.75, 3.05) is 20.2 Å². The molecule has 1 saturated heterocycles. The van der Waals surface area contributed by atoms with Crippen LogP contribution in [0.3, 0.4) is 0 Å². The van der Waals surface area contributed by atoms with Gasteiger partial charge >= 0.3 is 5.97 Å². The molecule has 6 heteroatoms. The molecule has 0 amide bonds. The van der Waals surface area contributed by atoms with Gasteiger partial charge in [-0.05, 0) is 42.3 Å².